The van der Waals surface area contributed by atoms with Gasteiger partial charge in [-0.25, -0.2) is 0 Å². The summed E-state index contributed by atoms with van der Waals surface area (Å²) in [5.41, 5.74) is 6.49. The fourth-order valence-corrected chi connectivity index (χ4v) is 0.658. The van der Waals surface area contributed by atoms with Crippen molar-refractivity contribution in [1.29, 1.82) is 0 Å². The van der Waals surface area contributed by atoms with Crippen molar-refractivity contribution in [3.05, 3.63) is 0 Å². The maximum Gasteiger partial charge on any atom is 0.325 e. The van der Waals surface area contributed by atoms with Crippen LogP contribution in [-0.2, 0) is 19.2 Å². The van der Waals surface area contributed by atoms with Crippen LogP contribution in [0.1, 0.15) is 26.7 Å². The molecule has 0 aliphatic carbocycles. The Hall–Kier alpha value is -2.20. The molecule has 0 amide bonds. The van der Waals surface area contributed by atoms with E-state index in [1.165, 1.54) is 0 Å². The van der Waals surface area contributed by atoms with Crippen LogP contribution < -0.4 is 11.5 Å². The largest absolute Gasteiger partial charge is 0.481 e. The zero-order valence-electron chi connectivity index (χ0n) is 11.0. The molecule has 0 bridgehead atoms. The van der Waals surface area contributed by atoms with Gasteiger partial charge in [-0.1, -0.05) is 0 Å². The van der Waals surface area contributed by atoms with Crippen LogP contribution in [0.2, 0.25) is 0 Å². The Balaban J connectivity index is 0. The number of hydrogen-bond acceptors (Lipinski definition) is 6. The third-order valence-corrected chi connectivity index (χ3v) is 2.52. The minimum Gasteiger partial charge on any atom is -0.481 e. The number of carboxylic acid groups (broad SMARTS) is 4. The fourth-order valence-electron chi connectivity index (χ4n) is 0.658. The summed E-state index contributed by atoms with van der Waals surface area (Å²) in [6.45, 7) is 2.12. The van der Waals surface area contributed by atoms with Gasteiger partial charge in [0.2, 0.25) is 0 Å². The molecule has 0 saturated carbocycles. The molecule has 0 heterocycles. The molecule has 2 atom stereocenters. The van der Waals surface area contributed by atoms with E-state index in [0.29, 0.717) is 0 Å². The molecule has 0 fully saturated rings. The predicted molar refractivity (Wildman–Crippen MR) is 65.0 cm³/mol. The molecule has 0 spiro atoms. The van der Waals surface area contributed by atoms with Gasteiger partial charge in [0.15, 0.2) is 0 Å². The smallest absolute Gasteiger partial charge is 0.325 e. The molecule has 0 saturated heterocycles. The highest BCUT2D eigenvalue weighted by Gasteiger charge is 2.50. The standard InChI is InChI=1S/C6H12N2O4.C4H6O4/c1-5(7,3(9)10)6(2,8)4(11)12;5-3(6)1-2-4(7)8/h7-8H2,1-2H3,(H,9,10)(H,11,12);1-2H2,(H,5,6)(H,7,8). The minimum absolute atomic E-state index is 0.296. The lowest BCUT2D eigenvalue weighted by molar-refractivity contribution is -0.155. The van der Waals surface area contributed by atoms with E-state index < -0.39 is 35.0 Å². The lowest BCUT2D eigenvalue weighted by Crippen LogP contribution is -2.70. The average Bonchev–Trinajstić information content (AvgIpc) is 2.26. The second-order valence-corrected chi connectivity index (χ2v) is 4.30. The summed E-state index contributed by atoms with van der Waals surface area (Å²) < 4.78 is 0. The lowest BCUT2D eigenvalue weighted by Gasteiger charge is -2.33. The zero-order valence-corrected chi connectivity index (χ0v) is 11.0. The van der Waals surface area contributed by atoms with Gasteiger partial charge in [0, 0.05) is 0 Å². The Bertz CT molecular complexity index is 364. The topological polar surface area (TPSA) is 201 Å². The second-order valence-electron chi connectivity index (χ2n) is 4.30. The average molecular weight is 294 g/mol. The quantitative estimate of drug-likeness (QED) is 0.335. The molecule has 10 nitrogen and oxygen atoms in total. The van der Waals surface area contributed by atoms with Crippen LogP contribution in [0.5, 0.6) is 0 Å². The Morgan fingerprint density at radius 2 is 0.950 bits per heavy atom. The van der Waals surface area contributed by atoms with E-state index >= 15 is 0 Å². The first kappa shape index (κ1) is 20.1. The maximum atomic E-state index is 10.5. The van der Waals surface area contributed by atoms with E-state index in [4.69, 9.17) is 31.9 Å². The molecular formula is C10H18N2O8. The number of rotatable bonds is 6. The number of carbonyl (C=O) groups is 4. The van der Waals surface area contributed by atoms with Gasteiger partial charge in [-0.2, -0.15) is 0 Å². The van der Waals surface area contributed by atoms with Crippen molar-refractivity contribution in [1.82, 2.24) is 0 Å². The van der Waals surface area contributed by atoms with E-state index in [0.717, 1.165) is 13.8 Å². The van der Waals surface area contributed by atoms with Crippen molar-refractivity contribution in [2.45, 2.75) is 37.8 Å². The maximum absolute atomic E-state index is 10.5. The van der Waals surface area contributed by atoms with E-state index in [1.54, 1.807) is 0 Å². The molecule has 0 rings (SSSR count). The first-order valence-corrected chi connectivity index (χ1v) is 5.25. The van der Waals surface area contributed by atoms with Gasteiger partial charge in [-0.3, -0.25) is 19.2 Å². The van der Waals surface area contributed by atoms with Gasteiger partial charge < -0.3 is 31.9 Å². The predicted octanol–water partition coefficient (Wildman–Crippen LogP) is -1.47. The Labute approximate surface area is 114 Å². The highest BCUT2D eigenvalue weighted by molar-refractivity contribution is 5.91. The van der Waals surface area contributed by atoms with Crippen LogP contribution in [-0.4, -0.2) is 55.4 Å². The molecule has 116 valence electrons. The van der Waals surface area contributed by atoms with E-state index in [9.17, 15) is 19.2 Å². The molecule has 0 aliphatic heterocycles. The molecule has 0 aliphatic rings. The molecule has 20 heavy (non-hydrogen) atoms. The third-order valence-electron chi connectivity index (χ3n) is 2.52. The number of aliphatic carboxylic acids is 4. The minimum atomic E-state index is -1.99. The normalized spacial score (nSPS) is 15.8. The van der Waals surface area contributed by atoms with Crippen molar-refractivity contribution in [2.75, 3.05) is 0 Å². The summed E-state index contributed by atoms with van der Waals surface area (Å²) >= 11 is 0. The molecule has 0 aromatic heterocycles. The third kappa shape index (κ3) is 6.11. The van der Waals surface area contributed by atoms with Crippen molar-refractivity contribution < 1.29 is 39.6 Å². The molecule has 8 N–H and O–H groups in total. The van der Waals surface area contributed by atoms with Crippen molar-refractivity contribution in [3.8, 4) is 0 Å². The Kier molecular flexibility index (Phi) is 7.45. The van der Waals surface area contributed by atoms with Gasteiger partial charge in [-0.05, 0) is 13.8 Å². The van der Waals surface area contributed by atoms with E-state index in [2.05, 4.69) is 0 Å². The van der Waals surface area contributed by atoms with Crippen LogP contribution in [0.15, 0.2) is 0 Å². The summed E-state index contributed by atoms with van der Waals surface area (Å²) in [6, 6.07) is 0. The van der Waals surface area contributed by atoms with Gasteiger partial charge in [0.1, 0.15) is 11.1 Å². The van der Waals surface area contributed by atoms with Gasteiger partial charge in [-0.15, -0.1) is 0 Å². The van der Waals surface area contributed by atoms with Crippen molar-refractivity contribution in [2.24, 2.45) is 11.5 Å². The fraction of sp³-hybridized carbons (Fsp3) is 0.600. The molecule has 0 radical (unpaired) electrons. The summed E-state index contributed by atoms with van der Waals surface area (Å²) in [5, 5.41) is 32.9. The van der Waals surface area contributed by atoms with Crippen LogP contribution in [0, 0.1) is 0 Å². The van der Waals surface area contributed by atoms with Crippen LogP contribution in [0.4, 0.5) is 0 Å². The molecule has 2 unspecified atom stereocenters. The first-order chi connectivity index (χ1) is 8.76. The highest BCUT2D eigenvalue weighted by atomic mass is 16.4. The number of carboxylic acids is 4. The first-order valence-electron chi connectivity index (χ1n) is 5.25. The van der Waals surface area contributed by atoms with Crippen molar-refractivity contribution >= 4 is 23.9 Å². The summed E-state index contributed by atoms with van der Waals surface area (Å²) in [6.07, 6.45) is -0.593. The second kappa shape index (κ2) is 7.40. The molecular weight excluding hydrogens is 276 g/mol. The Morgan fingerprint density at radius 3 is 1.05 bits per heavy atom. The summed E-state index contributed by atoms with van der Waals surface area (Å²) in [4.78, 5) is 40.3. The SMILES string of the molecule is CC(N)(C(=O)O)C(C)(N)C(=O)O.O=C(O)CCC(=O)O. The molecule has 0 aromatic carbocycles. The molecule has 0 aromatic rings. The lowest BCUT2D eigenvalue weighted by atomic mass is 9.81. The van der Waals surface area contributed by atoms with Gasteiger partial charge in [0.25, 0.3) is 0 Å². The van der Waals surface area contributed by atoms with Crippen molar-refractivity contribution in [3.63, 3.8) is 0 Å². The van der Waals surface area contributed by atoms with Crippen LogP contribution in [0.3, 0.4) is 0 Å². The Morgan fingerprint density at radius 1 is 0.750 bits per heavy atom. The van der Waals surface area contributed by atoms with Gasteiger partial charge >= 0.3 is 23.9 Å². The van der Waals surface area contributed by atoms with E-state index in [1.807, 2.05) is 0 Å². The van der Waals surface area contributed by atoms with E-state index in [-0.39, 0.29) is 12.8 Å². The van der Waals surface area contributed by atoms with Gasteiger partial charge in [0.05, 0.1) is 12.8 Å². The number of nitrogens with two attached hydrogens (primary N) is 2. The highest BCUT2D eigenvalue weighted by Crippen LogP contribution is 2.16. The monoisotopic (exact) mass is 294 g/mol. The van der Waals surface area contributed by atoms with Crippen LogP contribution in [0.25, 0.3) is 0 Å². The zero-order chi connectivity index (χ0) is 16.7. The summed E-state index contributed by atoms with van der Waals surface area (Å²) in [7, 11) is 0. The molecule has 10 heteroatoms. The summed E-state index contributed by atoms with van der Waals surface area (Å²) in [5.74, 6) is -5.05. The van der Waals surface area contributed by atoms with Crippen LogP contribution >= 0.6 is 0 Å². The number of hydrogen-bond donors (Lipinski definition) is 6.